The molecule has 6 nitrogen and oxygen atoms in total. The van der Waals surface area contributed by atoms with Crippen LogP contribution < -0.4 is 69.3 Å². The third-order valence-corrected chi connectivity index (χ3v) is 1.80. The number of carboxylic acids is 3. The maximum Gasteiger partial charge on any atom is 1.00 e. The Morgan fingerprint density at radius 1 is 0.864 bits per heavy atom. The van der Waals surface area contributed by atoms with E-state index in [1.807, 2.05) is 0 Å². The number of carbonyl (C=O) groups excluding carboxylic acids is 2. The van der Waals surface area contributed by atoms with Gasteiger partial charge in [-0.2, -0.15) is 0 Å². The first-order valence-electron chi connectivity index (χ1n) is 5.68. The van der Waals surface area contributed by atoms with E-state index in [0.29, 0.717) is 12.8 Å². The maximum atomic E-state index is 9.72. The van der Waals surface area contributed by atoms with Gasteiger partial charge in [0.05, 0.1) is 11.9 Å². The van der Waals surface area contributed by atoms with Crippen LogP contribution in [0.1, 0.15) is 33.6 Å². The monoisotopic (exact) mass is 330 g/mol. The Morgan fingerprint density at radius 2 is 1.05 bits per heavy atom. The van der Waals surface area contributed by atoms with E-state index in [-0.39, 0.29) is 75.8 Å². The largest absolute Gasteiger partial charge is 1.00 e. The third kappa shape index (κ3) is 27.9. The maximum absolute atomic E-state index is 9.72. The van der Waals surface area contributed by atoms with E-state index in [0.717, 1.165) is 0 Å². The fourth-order valence-electron chi connectivity index (χ4n) is 0.289. The predicted molar refractivity (Wildman–Crippen MR) is 71.3 cm³/mol. The second-order valence-electron chi connectivity index (χ2n) is 3.57. The summed E-state index contributed by atoms with van der Waals surface area (Å²) in [6.45, 7) is 14.5. The molecule has 8 heteroatoms. The van der Waals surface area contributed by atoms with Crippen molar-refractivity contribution < 1.29 is 88.8 Å². The van der Waals surface area contributed by atoms with Crippen molar-refractivity contribution in [3.63, 3.8) is 0 Å². The molecule has 0 heterocycles. The van der Waals surface area contributed by atoms with Gasteiger partial charge < -0.3 is 24.9 Å². The SMILES string of the molecule is C=C(C)C(=O)O.C=C(CC)C(=O)[O-].C=C(CC)C(=O)[O-].[Na+].[Na+]. The molecule has 0 saturated carbocycles. The summed E-state index contributed by atoms with van der Waals surface area (Å²) in [7, 11) is 0. The van der Waals surface area contributed by atoms with Crippen molar-refractivity contribution >= 4 is 17.9 Å². The van der Waals surface area contributed by atoms with Crippen LogP contribution >= 0.6 is 0 Å². The smallest absolute Gasteiger partial charge is 0.545 e. The second-order valence-corrected chi connectivity index (χ2v) is 3.57. The predicted octanol–water partition coefficient (Wildman–Crippen LogP) is -5.94. The molecule has 0 aromatic rings. The summed E-state index contributed by atoms with van der Waals surface area (Å²) in [5.41, 5.74) is 0.481. The topological polar surface area (TPSA) is 118 Å². The average molecular weight is 330 g/mol. The Hall–Kier alpha value is -0.370. The Labute approximate surface area is 175 Å². The van der Waals surface area contributed by atoms with E-state index in [9.17, 15) is 24.6 Å². The van der Waals surface area contributed by atoms with Gasteiger partial charge in [-0.3, -0.25) is 0 Å². The third-order valence-electron chi connectivity index (χ3n) is 1.80. The Balaban J connectivity index is -0.0000000630. The summed E-state index contributed by atoms with van der Waals surface area (Å²) in [5.74, 6) is -3.24. The molecule has 0 amide bonds. The molecular weight excluding hydrogens is 310 g/mol. The second kappa shape index (κ2) is 20.6. The summed E-state index contributed by atoms with van der Waals surface area (Å²) in [6, 6.07) is 0. The molecule has 0 fully saturated rings. The van der Waals surface area contributed by atoms with Crippen LogP contribution in [0.2, 0.25) is 0 Å². The van der Waals surface area contributed by atoms with Gasteiger partial charge in [0.15, 0.2) is 0 Å². The Bertz CT molecular complexity index is 364. The standard InChI is InChI=1S/2C5H8O2.C4H6O2.2Na/c2*1-3-4(2)5(6)7;1-3(2)4(5)6;;/h2*2-3H2,1H3,(H,6,7);1H2,2H3,(H,5,6);;/q;;;2*+1/p-2. The minimum Gasteiger partial charge on any atom is -0.545 e. The van der Waals surface area contributed by atoms with Crippen molar-refractivity contribution in [3.05, 3.63) is 36.5 Å². The van der Waals surface area contributed by atoms with Crippen LogP contribution in [-0.2, 0) is 14.4 Å². The van der Waals surface area contributed by atoms with E-state index in [2.05, 4.69) is 19.7 Å². The summed E-state index contributed by atoms with van der Waals surface area (Å²) in [6.07, 6.45) is 0.921. The fourth-order valence-corrected chi connectivity index (χ4v) is 0.289. The molecule has 0 aliphatic rings. The van der Waals surface area contributed by atoms with Crippen molar-refractivity contribution in [1.29, 1.82) is 0 Å². The molecule has 0 radical (unpaired) electrons. The zero-order valence-corrected chi connectivity index (χ0v) is 18.0. The van der Waals surface area contributed by atoms with Crippen LogP contribution in [0.4, 0.5) is 0 Å². The van der Waals surface area contributed by atoms with Crippen LogP contribution in [0.3, 0.4) is 0 Å². The van der Waals surface area contributed by atoms with Gasteiger partial charge in [0.1, 0.15) is 0 Å². The van der Waals surface area contributed by atoms with Gasteiger partial charge in [-0.05, 0) is 30.9 Å². The number of carbonyl (C=O) groups is 3. The summed E-state index contributed by atoms with van der Waals surface area (Å²) >= 11 is 0. The minimum atomic E-state index is -1.15. The molecule has 0 spiro atoms. The van der Waals surface area contributed by atoms with Crippen molar-refractivity contribution in [2.45, 2.75) is 33.6 Å². The molecule has 0 rings (SSSR count). The zero-order chi connectivity index (χ0) is 16.9. The van der Waals surface area contributed by atoms with Gasteiger partial charge in [-0.1, -0.05) is 33.6 Å². The van der Waals surface area contributed by atoms with Gasteiger partial charge >= 0.3 is 65.1 Å². The summed E-state index contributed by atoms with van der Waals surface area (Å²) < 4.78 is 0. The van der Waals surface area contributed by atoms with Gasteiger partial charge in [-0.15, -0.1) is 0 Å². The van der Waals surface area contributed by atoms with Crippen LogP contribution in [0.25, 0.3) is 0 Å². The van der Waals surface area contributed by atoms with Gasteiger partial charge in [0, 0.05) is 5.57 Å². The molecule has 0 unspecified atom stereocenters. The van der Waals surface area contributed by atoms with Crippen LogP contribution in [0.15, 0.2) is 36.5 Å². The Morgan fingerprint density at radius 3 is 1.05 bits per heavy atom. The normalized spacial score (nSPS) is 7.23. The first-order valence-corrected chi connectivity index (χ1v) is 5.68. The van der Waals surface area contributed by atoms with E-state index in [4.69, 9.17) is 5.11 Å². The summed E-state index contributed by atoms with van der Waals surface area (Å²) in [4.78, 5) is 29.0. The number of hydrogen-bond donors (Lipinski definition) is 1. The molecule has 1 N–H and O–H groups in total. The number of rotatable bonds is 5. The first-order chi connectivity index (χ1) is 9.00. The first kappa shape index (κ1) is 33.3. The van der Waals surface area contributed by atoms with E-state index in [1.54, 1.807) is 13.8 Å². The molecule has 0 saturated heterocycles. The minimum absolute atomic E-state index is 0. The number of hydrogen-bond acceptors (Lipinski definition) is 5. The van der Waals surface area contributed by atoms with E-state index in [1.165, 1.54) is 6.92 Å². The van der Waals surface area contributed by atoms with Crippen molar-refractivity contribution in [1.82, 2.24) is 0 Å². The molecule has 0 aromatic heterocycles. The molecule has 0 aliphatic heterocycles. The molecule has 0 aromatic carbocycles. The van der Waals surface area contributed by atoms with Crippen LogP contribution in [-0.4, -0.2) is 23.0 Å². The van der Waals surface area contributed by atoms with Gasteiger partial charge in [-0.25, -0.2) is 4.79 Å². The fraction of sp³-hybridized carbons (Fsp3) is 0.357. The van der Waals surface area contributed by atoms with E-state index >= 15 is 0 Å². The molecule has 0 bridgehead atoms. The zero-order valence-electron chi connectivity index (χ0n) is 14.0. The average Bonchev–Trinajstić information content (AvgIpc) is 2.37. The van der Waals surface area contributed by atoms with Gasteiger partial charge in [0.2, 0.25) is 0 Å². The van der Waals surface area contributed by atoms with E-state index < -0.39 is 17.9 Å². The van der Waals surface area contributed by atoms with Crippen molar-refractivity contribution in [3.8, 4) is 0 Å². The molecule has 114 valence electrons. The summed E-state index contributed by atoms with van der Waals surface area (Å²) in [5, 5.41) is 27.3. The molecule has 22 heavy (non-hydrogen) atoms. The Kier molecular flexibility index (Phi) is 31.2. The molecular formula is C14H20Na2O6. The quantitative estimate of drug-likeness (QED) is 0.396. The number of aliphatic carboxylic acids is 3. The van der Waals surface area contributed by atoms with Crippen molar-refractivity contribution in [2.24, 2.45) is 0 Å². The molecule has 0 atom stereocenters. The number of carboxylic acid groups (broad SMARTS) is 3. The van der Waals surface area contributed by atoms with Crippen molar-refractivity contribution in [2.75, 3.05) is 0 Å². The molecule has 0 aliphatic carbocycles. The van der Waals surface area contributed by atoms with Crippen LogP contribution in [0, 0.1) is 0 Å². The van der Waals surface area contributed by atoms with Gasteiger partial charge in [0.25, 0.3) is 0 Å². The van der Waals surface area contributed by atoms with Crippen LogP contribution in [0.5, 0.6) is 0 Å².